The van der Waals surface area contributed by atoms with Crippen molar-refractivity contribution in [3.05, 3.63) is 24.0 Å². The first-order chi connectivity index (χ1) is 7.24. The monoisotopic (exact) mass is 209 g/mol. The minimum absolute atomic E-state index is 0.335. The Morgan fingerprint density at radius 1 is 1.53 bits per heavy atom. The molecule has 0 aliphatic carbocycles. The number of nitrogens with zero attached hydrogens (tertiary/aromatic N) is 1. The summed E-state index contributed by atoms with van der Waals surface area (Å²) in [5.41, 5.74) is -0.138. The molecule has 82 valence electrons. The molecule has 0 spiro atoms. The lowest BCUT2D eigenvalue weighted by Gasteiger charge is -2.32. The standard InChI is InChI=1S/C11H15NO3/c1-14-10-5-9(6-12-7-10)11(13)3-2-4-15-8-11/h5-7,13H,2-4,8H2,1H3. The van der Waals surface area contributed by atoms with Gasteiger partial charge >= 0.3 is 0 Å². The van der Waals surface area contributed by atoms with E-state index < -0.39 is 5.60 Å². The Labute approximate surface area is 88.9 Å². The predicted molar refractivity (Wildman–Crippen MR) is 54.7 cm³/mol. The second-order valence-corrected chi connectivity index (χ2v) is 3.80. The lowest BCUT2D eigenvalue weighted by Crippen LogP contribution is -2.35. The van der Waals surface area contributed by atoms with Crippen LogP contribution in [0, 0.1) is 0 Å². The summed E-state index contributed by atoms with van der Waals surface area (Å²) in [5, 5.41) is 10.3. The zero-order chi connectivity index (χ0) is 10.7. The third kappa shape index (κ3) is 2.11. The van der Waals surface area contributed by atoms with E-state index >= 15 is 0 Å². The van der Waals surface area contributed by atoms with E-state index in [4.69, 9.17) is 9.47 Å². The van der Waals surface area contributed by atoms with Gasteiger partial charge < -0.3 is 14.6 Å². The number of hydrogen-bond acceptors (Lipinski definition) is 4. The predicted octanol–water partition coefficient (Wildman–Crippen LogP) is 1.09. The summed E-state index contributed by atoms with van der Waals surface area (Å²) in [6.07, 6.45) is 4.86. The quantitative estimate of drug-likeness (QED) is 0.792. The van der Waals surface area contributed by atoms with Crippen molar-refractivity contribution in [1.29, 1.82) is 0 Å². The summed E-state index contributed by atoms with van der Waals surface area (Å²) in [7, 11) is 1.59. The van der Waals surface area contributed by atoms with Crippen LogP contribution in [0.3, 0.4) is 0 Å². The van der Waals surface area contributed by atoms with Crippen LogP contribution < -0.4 is 4.74 Å². The van der Waals surface area contributed by atoms with Crippen molar-refractivity contribution in [3.63, 3.8) is 0 Å². The molecular weight excluding hydrogens is 194 g/mol. The zero-order valence-electron chi connectivity index (χ0n) is 8.77. The van der Waals surface area contributed by atoms with Crippen LogP contribution in [-0.2, 0) is 10.3 Å². The fourth-order valence-corrected chi connectivity index (χ4v) is 1.79. The maximum atomic E-state index is 10.3. The minimum atomic E-state index is -0.903. The number of hydrogen-bond donors (Lipinski definition) is 1. The van der Waals surface area contributed by atoms with Gasteiger partial charge in [0.2, 0.25) is 0 Å². The van der Waals surface area contributed by atoms with Crippen molar-refractivity contribution < 1.29 is 14.6 Å². The first kappa shape index (κ1) is 10.4. The van der Waals surface area contributed by atoms with E-state index in [0.29, 0.717) is 18.8 Å². The van der Waals surface area contributed by atoms with E-state index in [1.807, 2.05) is 6.07 Å². The van der Waals surface area contributed by atoms with Gasteiger partial charge in [-0.1, -0.05) is 0 Å². The Bertz CT molecular complexity index is 334. The van der Waals surface area contributed by atoms with Crippen LogP contribution in [0.25, 0.3) is 0 Å². The molecule has 1 aliphatic heterocycles. The maximum Gasteiger partial charge on any atom is 0.137 e. The summed E-state index contributed by atoms with van der Waals surface area (Å²) in [6.45, 7) is 1.06. The molecule has 4 heteroatoms. The number of aliphatic hydroxyl groups is 1. The molecule has 1 unspecified atom stereocenters. The molecule has 0 bridgehead atoms. The van der Waals surface area contributed by atoms with Gasteiger partial charge in [-0.25, -0.2) is 0 Å². The number of pyridine rings is 1. The number of ether oxygens (including phenoxy) is 2. The van der Waals surface area contributed by atoms with E-state index in [-0.39, 0.29) is 0 Å². The Balaban J connectivity index is 2.26. The normalized spacial score (nSPS) is 26.3. The SMILES string of the molecule is COc1cncc(C2(O)CCCOC2)c1. The van der Waals surface area contributed by atoms with Gasteiger partial charge in [0.25, 0.3) is 0 Å². The first-order valence-electron chi connectivity index (χ1n) is 5.04. The summed E-state index contributed by atoms with van der Waals surface area (Å²) in [4.78, 5) is 4.04. The Morgan fingerprint density at radius 3 is 3.07 bits per heavy atom. The third-order valence-corrected chi connectivity index (χ3v) is 2.71. The second-order valence-electron chi connectivity index (χ2n) is 3.80. The average molecular weight is 209 g/mol. The van der Waals surface area contributed by atoms with Crippen LogP contribution >= 0.6 is 0 Å². The molecule has 0 radical (unpaired) electrons. The highest BCUT2D eigenvalue weighted by molar-refractivity contribution is 5.28. The van der Waals surface area contributed by atoms with Crippen LogP contribution in [0.2, 0.25) is 0 Å². The van der Waals surface area contributed by atoms with Gasteiger partial charge in [-0.05, 0) is 18.9 Å². The van der Waals surface area contributed by atoms with Crippen molar-refractivity contribution in [2.45, 2.75) is 18.4 Å². The molecule has 0 aromatic carbocycles. The Kier molecular flexibility index (Phi) is 2.88. The van der Waals surface area contributed by atoms with Gasteiger partial charge in [0.15, 0.2) is 0 Å². The third-order valence-electron chi connectivity index (χ3n) is 2.71. The van der Waals surface area contributed by atoms with Gasteiger partial charge in [-0.3, -0.25) is 4.98 Å². The average Bonchev–Trinajstić information content (AvgIpc) is 2.30. The van der Waals surface area contributed by atoms with Gasteiger partial charge in [-0.15, -0.1) is 0 Å². The molecule has 2 heterocycles. The van der Waals surface area contributed by atoms with Crippen molar-refractivity contribution in [1.82, 2.24) is 4.98 Å². The van der Waals surface area contributed by atoms with Crippen LogP contribution in [0.4, 0.5) is 0 Å². The van der Waals surface area contributed by atoms with Crippen molar-refractivity contribution in [2.75, 3.05) is 20.3 Å². The van der Waals surface area contributed by atoms with Crippen LogP contribution in [-0.4, -0.2) is 30.4 Å². The molecule has 1 aromatic rings. The highest BCUT2D eigenvalue weighted by Crippen LogP contribution is 2.31. The summed E-state index contributed by atoms with van der Waals surface area (Å²) in [6, 6.07) is 1.81. The van der Waals surface area contributed by atoms with Crippen LogP contribution in [0.15, 0.2) is 18.5 Å². The lowest BCUT2D eigenvalue weighted by atomic mass is 9.89. The molecule has 1 aromatic heterocycles. The van der Waals surface area contributed by atoms with Gasteiger partial charge in [0.1, 0.15) is 11.4 Å². The number of aromatic nitrogens is 1. The highest BCUT2D eigenvalue weighted by atomic mass is 16.5. The molecule has 1 N–H and O–H groups in total. The highest BCUT2D eigenvalue weighted by Gasteiger charge is 2.32. The van der Waals surface area contributed by atoms with Crippen molar-refractivity contribution in [3.8, 4) is 5.75 Å². The topological polar surface area (TPSA) is 51.6 Å². The maximum absolute atomic E-state index is 10.3. The molecule has 0 saturated carbocycles. The molecule has 1 fully saturated rings. The number of rotatable bonds is 2. The van der Waals surface area contributed by atoms with E-state index in [0.717, 1.165) is 18.6 Å². The van der Waals surface area contributed by atoms with E-state index in [1.54, 1.807) is 19.5 Å². The van der Waals surface area contributed by atoms with E-state index in [1.165, 1.54) is 0 Å². The summed E-state index contributed by atoms with van der Waals surface area (Å²) >= 11 is 0. The van der Waals surface area contributed by atoms with E-state index in [2.05, 4.69) is 4.98 Å². The molecule has 15 heavy (non-hydrogen) atoms. The molecule has 1 atom stereocenters. The fourth-order valence-electron chi connectivity index (χ4n) is 1.79. The Morgan fingerprint density at radius 2 is 2.40 bits per heavy atom. The second kappa shape index (κ2) is 4.16. The number of methoxy groups -OCH3 is 1. The lowest BCUT2D eigenvalue weighted by molar-refractivity contribution is -0.0905. The molecular formula is C11H15NO3. The van der Waals surface area contributed by atoms with E-state index in [9.17, 15) is 5.11 Å². The molecule has 0 amide bonds. The zero-order valence-corrected chi connectivity index (χ0v) is 8.77. The van der Waals surface area contributed by atoms with Gasteiger partial charge in [0.05, 0.1) is 19.9 Å². The molecule has 2 rings (SSSR count). The molecule has 1 aliphatic rings. The summed E-state index contributed by atoms with van der Waals surface area (Å²) < 4.78 is 10.4. The largest absolute Gasteiger partial charge is 0.495 e. The van der Waals surface area contributed by atoms with Crippen molar-refractivity contribution in [2.24, 2.45) is 0 Å². The van der Waals surface area contributed by atoms with Crippen LogP contribution in [0.1, 0.15) is 18.4 Å². The smallest absolute Gasteiger partial charge is 0.137 e. The minimum Gasteiger partial charge on any atom is -0.495 e. The van der Waals surface area contributed by atoms with Gasteiger partial charge in [0, 0.05) is 18.4 Å². The molecule has 1 saturated heterocycles. The Hall–Kier alpha value is -1.13. The van der Waals surface area contributed by atoms with Gasteiger partial charge in [-0.2, -0.15) is 0 Å². The fraction of sp³-hybridized carbons (Fsp3) is 0.545. The summed E-state index contributed by atoms with van der Waals surface area (Å²) in [5.74, 6) is 0.659. The van der Waals surface area contributed by atoms with Crippen LogP contribution in [0.5, 0.6) is 5.75 Å². The first-order valence-corrected chi connectivity index (χ1v) is 5.04. The molecule has 4 nitrogen and oxygen atoms in total. The van der Waals surface area contributed by atoms with Crippen molar-refractivity contribution >= 4 is 0 Å².